The van der Waals surface area contributed by atoms with Crippen LogP contribution in [0, 0.1) is 6.92 Å². The normalized spacial score (nSPS) is 13.4. The van der Waals surface area contributed by atoms with Gasteiger partial charge in [0.1, 0.15) is 11.6 Å². The van der Waals surface area contributed by atoms with E-state index in [0.29, 0.717) is 11.6 Å². The molecule has 6 heteroatoms. The smallest absolute Gasteiger partial charge is 0.172 e. The van der Waals surface area contributed by atoms with Crippen molar-refractivity contribution in [1.29, 1.82) is 0 Å². The lowest BCUT2D eigenvalue weighted by molar-refractivity contribution is 0.424. The fraction of sp³-hybridized carbons (Fsp3) is 0.174. The molecule has 0 atom stereocenters. The van der Waals surface area contributed by atoms with E-state index in [1.165, 1.54) is 0 Å². The number of nitrogens with zero attached hydrogens (tertiary/aromatic N) is 4. The van der Waals surface area contributed by atoms with Gasteiger partial charge >= 0.3 is 0 Å². The van der Waals surface area contributed by atoms with Crippen LogP contribution < -0.4 is 4.90 Å². The lowest BCUT2D eigenvalue weighted by Crippen LogP contribution is -2.31. The predicted molar refractivity (Wildman–Crippen MR) is 114 cm³/mol. The molecule has 0 saturated carbocycles. The standard InChI is InChI=1S/C23H19ClN4O/c1-15-25-21(16-5-3-2-4-6-16)13-22(26-15)28-12-11-20-19(14-28)23(29-27-20)17-7-9-18(24)10-8-17/h2-10,13H,11-12,14H2,1H3. The van der Waals surface area contributed by atoms with Crippen LogP contribution in [0.2, 0.25) is 5.02 Å². The third kappa shape index (κ3) is 3.49. The van der Waals surface area contributed by atoms with Crippen LogP contribution in [-0.4, -0.2) is 21.7 Å². The van der Waals surface area contributed by atoms with E-state index in [1.807, 2.05) is 49.4 Å². The fourth-order valence-corrected chi connectivity index (χ4v) is 3.83. The number of aromatic nitrogens is 3. The van der Waals surface area contributed by atoms with Crippen molar-refractivity contribution in [2.75, 3.05) is 11.4 Å². The van der Waals surface area contributed by atoms with Gasteiger partial charge in [0, 0.05) is 40.7 Å². The van der Waals surface area contributed by atoms with Crippen molar-refractivity contribution in [3.05, 3.63) is 82.8 Å². The Kier molecular flexibility index (Phi) is 4.52. The van der Waals surface area contributed by atoms with E-state index in [4.69, 9.17) is 21.1 Å². The van der Waals surface area contributed by atoms with Gasteiger partial charge in [-0.05, 0) is 31.2 Å². The van der Waals surface area contributed by atoms with Gasteiger partial charge in [-0.3, -0.25) is 0 Å². The highest BCUT2D eigenvalue weighted by Crippen LogP contribution is 2.33. The van der Waals surface area contributed by atoms with Crippen LogP contribution in [0.4, 0.5) is 5.82 Å². The summed E-state index contributed by atoms with van der Waals surface area (Å²) in [5.74, 6) is 2.48. The largest absolute Gasteiger partial charge is 0.356 e. The first kappa shape index (κ1) is 17.9. The highest BCUT2D eigenvalue weighted by Gasteiger charge is 2.26. The van der Waals surface area contributed by atoms with Gasteiger partial charge in [-0.15, -0.1) is 0 Å². The summed E-state index contributed by atoms with van der Waals surface area (Å²) < 4.78 is 5.69. The van der Waals surface area contributed by atoms with E-state index in [1.54, 1.807) is 0 Å². The molecule has 5 nitrogen and oxygen atoms in total. The van der Waals surface area contributed by atoms with Crippen LogP contribution in [0.1, 0.15) is 17.1 Å². The summed E-state index contributed by atoms with van der Waals surface area (Å²) in [5.41, 5.74) is 5.12. The van der Waals surface area contributed by atoms with Crippen LogP contribution in [0.25, 0.3) is 22.6 Å². The Hall–Kier alpha value is -3.18. The van der Waals surface area contributed by atoms with Crippen LogP contribution >= 0.6 is 11.6 Å². The van der Waals surface area contributed by atoms with Crippen LogP contribution in [0.5, 0.6) is 0 Å². The third-order valence-electron chi connectivity index (χ3n) is 5.16. The van der Waals surface area contributed by atoms with Crippen molar-refractivity contribution in [3.63, 3.8) is 0 Å². The molecule has 0 radical (unpaired) electrons. The molecule has 0 amide bonds. The molecule has 29 heavy (non-hydrogen) atoms. The topological polar surface area (TPSA) is 55.1 Å². The molecular formula is C23H19ClN4O. The quantitative estimate of drug-likeness (QED) is 0.464. The van der Waals surface area contributed by atoms with Gasteiger partial charge in [-0.2, -0.15) is 0 Å². The maximum Gasteiger partial charge on any atom is 0.172 e. The minimum atomic E-state index is 0.696. The molecule has 5 rings (SSSR count). The molecule has 144 valence electrons. The summed E-state index contributed by atoms with van der Waals surface area (Å²) in [6, 6.07) is 19.9. The minimum Gasteiger partial charge on any atom is -0.356 e. The average molecular weight is 403 g/mol. The fourth-order valence-electron chi connectivity index (χ4n) is 3.71. The SMILES string of the molecule is Cc1nc(-c2ccccc2)cc(N2CCc3noc(-c4ccc(Cl)cc4)c3C2)n1. The first-order chi connectivity index (χ1) is 14.2. The summed E-state index contributed by atoms with van der Waals surface area (Å²) >= 11 is 6.03. The Bertz CT molecular complexity index is 1160. The molecular weight excluding hydrogens is 384 g/mol. The Labute approximate surface area is 174 Å². The Morgan fingerprint density at radius 3 is 2.55 bits per heavy atom. The Balaban J connectivity index is 1.49. The zero-order valence-electron chi connectivity index (χ0n) is 16.0. The number of hydrogen-bond donors (Lipinski definition) is 0. The zero-order chi connectivity index (χ0) is 19.8. The number of halogens is 1. The maximum atomic E-state index is 6.03. The highest BCUT2D eigenvalue weighted by molar-refractivity contribution is 6.30. The summed E-state index contributed by atoms with van der Waals surface area (Å²) in [5, 5.41) is 5.00. The second kappa shape index (κ2) is 7.33. The van der Waals surface area contributed by atoms with E-state index in [2.05, 4.69) is 33.2 Å². The predicted octanol–water partition coefficient (Wildman–Crippen LogP) is 5.32. The summed E-state index contributed by atoms with van der Waals surface area (Å²) in [7, 11) is 0. The van der Waals surface area contributed by atoms with Crippen molar-refractivity contribution >= 4 is 17.4 Å². The molecule has 2 aromatic carbocycles. The second-order valence-electron chi connectivity index (χ2n) is 7.14. The van der Waals surface area contributed by atoms with Gasteiger partial charge in [-0.25, -0.2) is 9.97 Å². The Morgan fingerprint density at radius 1 is 0.966 bits per heavy atom. The Morgan fingerprint density at radius 2 is 1.76 bits per heavy atom. The molecule has 0 spiro atoms. The molecule has 3 heterocycles. The van der Waals surface area contributed by atoms with Gasteiger partial charge in [0.2, 0.25) is 0 Å². The minimum absolute atomic E-state index is 0.696. The van der Waals surface area contributed by atoms with Crippen LogP contribution in [-0.2, 0) is 13.0 Å². The first-order valence-corrected chi connectivity index (χ1v) is 9.94. The molecule has 0 aliphatic carbocycles. The van der Waals surface area contributed by atoms with Gasteiger partial charge in [0.05, 0.1) is 17.9 Å². The van der Waals surface area contributed by atoms with Crippen molar-refractivity contribution in [3.8, 4) is 22.6 Å². The lowest BCUT2D eigenvalue weighted by Gasteiger charge is -2.28. The second-order valence-corrected chi connectivity index (χ2v) is 7.58. The van der Waals surface area contributed by atoms with E-state index in [-0.39, 0.29) is 0 Å². The molecule has 0 unspecified atom stereocenters. The number of anilines is 1. The van der Waals surface area contributed by atoms with Gasteiger partial charge in [0.15, 0.2) is 5.76 Å². The molecule has 1 aliphatic rings. The van der Waals surface area contributed by atoms with E-state index in [0.717, 1.165) is 58.4 Å². The molecule has 0 N–H and O–H groups in total. The molecule has 0 bridgehead atoms. The van der Waals surface area contributed by atoms with Crippen LogP contribution in [0.3, 0.4) is 0 Å². The molecule has 2 aromatic heterocycles. The molecule has 1 aliphatic heterocycles. The van der Waals surface area contributed by atoms with Gasteiger partial charge in [0.25, 0.3) is 0 Å². The van der Waals surface area contributed by atoms with Crippen molar-refractivity contribution in [2.24, 2.45) is 0 Å². The lowest BCUT2D eigenvalue weighted by atomic mass is 10.0. The number of aryl methyl sites for hydroxylation is 1. The number of hydrogen-bond acceptors (Lipinski definition) is 5. The average Bonchev–Trinajstić information content (AvgIpc) is 3.18. The van der Waals surface area contributed by atoms with Crippen molar-refractivity contribution in [1.82, 2.24) is 15.1 Å². The number of fused-ring (bicyclic) bond motifs is 1. The molecule has 4 aromatic rings. The summed E-state index contributed by atoms with van der Waals surface area (Å²) in [4.78, 5) is 11.6. The third-order valence-corrected chi connectivity index (χ3v) is 5.41. The van der Waals surface area contributed by atoms with Crippen molar-refractivity contribution in [2.45, 2.75) is 19.9 Å². The monoisotopic (exact) mass is 402 g/mol. The summed E-state index contributed by atoms with van der Waals surface area (Å²) in [6.07, 6.45) is 0.816. The van der Waals surface area contributed by atoms with E-state index < -0.39 is 0 Å². The number of rotatable bonds is 3. The zero-order valence-corrected chi connectivity index (χ0v) is 16.7. The summed E-state index contributed by atoms with van der Waals surface area (Å²) in [6.45, 7) is 3.47. The maximum absolute atomic E-state index is 6.03. The first-order valence-electron chi connectivity index (χ1n) is 9.57. The van der Waals surface area contributed by atoms with E-state index >= 15 is 0 Å². The molecule has 0 saturated heterocycles. The van der Waals surface area contributed by atoms with E-state index in [9.17, 15) is 0 Å². The van der Waals surface area contributed by atoms with Gasteiger partial charge < -0.3 is 9.42 Å². The highest BCUT2D eigenvalue weighted by atomic mass is 35.5. The van der Waals surface area contributed by atoms with Crippen molar-refractivity contribution < 1.29 is 4.52 Å². The van der Waals surface area contributed by atoms with Crippen LogP contribution in [0.15, 0.2) is 65.2 Å². The van der Waals surface area contributed by atoms with Gasteiger partial charge in [-0.1, -0.05) is 47.1 Å². The molecule has 0 fully saturated rings. The number of benzene rings is 2.